The van der Waals surface area contributed by atoms with Crippen LogP contribution in [0.3, 0.4) is 0 Å². The molecule has 0 unspecified atom stereocenters. The number of hydrogen-bond donors (Lipinski definition) is 0. The van der Waals surface area contributed by atoms with E-state index in [0.29, 0.717) is 27.6 Å². The Morgan fingerprint density at radius 1 is 0.800 bits per heavy atom. The van der Waals surface area contributed by atoms with E-state index in [-0.39, 0.29) is 0 Å². The summed E-state index contributed by atoms with van der Waals surface area (Å²) in [6.45, 7) is 18.1. The predicted octanol–water partition coefficient (Wildman–Crippen LogP) is 8.89. The van der Waals surface area contributed by atoms with Crippen molar-refractivity contribution in [2.75, 3.05) is 0 Å². The van der Waals surface area contributed by atoms with Crippen LogP contribution >= 0.6 is 0 Å². The molecule has 4 aliphatic rings. The maximum Gasteiger partial charge on any atom is -0.00997 e. The molecule has 0 amide bonds. The van der Waals surface area contributed by atoms with Crippen molar-refractivity contribution in [3.63, 3.8) is 0 Å². The van der Waals surface area contributed by atoms with Crippen LogP contribution in [0, 0.1) is 33.5 Å². The van der Waals surface area contributed by atoms with Gasteiger partial charge in [0.05, 0.1) is 0 Å². The van der Waals surface area contributed by atoms with Crippen LogP contribution in [0.4, 0.5) is 0 Å². The summed E-state index contributed by atoms with van der Waals surface area (Å²) in [6.07, 6.45) is 12.9. The minimum atomic E-state index is 0.470. The second-order valence-corrected chi connectivity index (χ2v) is 13.6. The normalized spacial score (nSPS) is 44.6. The van der Waals surface area contributed by atoms with E-state index in [2.05, 4.69) is 66.7 Å². The lowest BCUT2D eigenvalue weighted by molar-refractivity contribution is -0.199. The van der Waals surface area contributed by atoms with Gasteiger partial charge in [0.1, 0.15) is 0 Å². The number of hydrogen-bond acceptors (Lipinski definition) is 0. The minimum absolute atomic E-state index is 0.470. The van der Waals surface area contributed by atoms with E-state index in [9.17, 15) is 0 Å². The van der Waals surface area contributed by atoms with Gasteiger partial charge in [-0.25, -0.2) is 0 Å². The van der Waals surface area contributed by atoms with Crippen molar-refractivity contribution in [2.24, 2.45) is 33.5 Å². The van der Waals surface area contributed by atoms with Gasteiger partial charge in [0.2, 0.25) is 0 Å². The number of rotatable bonds is 1. The molecule has 0 bridgehead atoms. The molecular weight excluding hydrogens is 360 g/mol. The van der Waals surface area contributed by atoms with Gasteiger partial charge < -0.3 is 0 Å². The highest BCUT2D eigenvalue weighted by Gasteiger charge is 2.66. The van der Waals surface area contributed by atoms with Gasteiger partial charge >= 0.3 is 0 Å². The summed E-state index contributed by atoms with van der Waals surface area (Å²) in [5.74, 6) is 3.27. The molecule has 0 radical (unpaired) electrons. The Morgan fingerprint density at radius 2 is 1.57 bits per heavy atom. The third kappa shape index (κ3) is 2.64. The van der Waals surface area contributed by atoms with Gasteiger partial charge in [0.25, 0.3) is 0 Å². The van der Waals surface area contributed by atoms with Crippen LogP contribution in [-0.2, 0) is 6.42 Å². The van der Waals surface area contributed by atoms with E-state index in [1.165, 1.54) is 63.4 Å². The predicted molar refractivity (Wildman–Crippen MR) is 129 cm³/mol. The first kappa shape index (κ1) is 21.1. The molecule has 0 saturated heterocycles. The maximum absolute atomic E-state index is 2.75. The zero-order chi connectivity index (χ0) is 21.5. The first-order valence-electron chi connectivity index (χ1n) is 13.2. The topological polar surface area (TPSA) is 0 Å². The third-order valence-corrected chi connectivity index (χ3v) is 11.7. The number of aryl methyl sites for hydroxylation is 1. The van der Waals surface area contributed by atoms with Gasteiger partial charge in [-0.1, -0.05) is 73.1 Å². The Bertz CT molecular complexity index is 830. The average Bonchev–Trinajstić information content (AvgIpc) is 2.67. The van der Waals surface area contributed by atoms with Crippen LogP contribution in [0.1, 0.15) is 128 Å². The molecule has 3 saturated carbocycles. The average molecular weight is 407 g/mol. The molecule has 0 aromatic heterocycles. The molecule has 30 heavy (non-hydrogen) atoms. The summed E-state index contributed by atoms with van der Waals surface area (Å²) in [4.78, 5) is 0. The molecule has 0 heteroatoms. The summed E-state index contributed by atoms with van der Waals surface area (Å²) in [5.41, 5.74) is 7.02. The summed E-state index contributed by atoms with van der Waals surface area (Å²) in [5, 5.41) is 0. The highest BCUT2D eigenvalue weighted by molar-refractivity contribution is 5.41. The fourth-order valence-electron chi connectivity index (χ4n) is 9.93. The molecule has 0 heterocycles. The van der Waals surface area contributed by atoms with Crippen LogP contribution in [-0.4, -0.2) is 0 Å². The van der Waals surface area contributed by atoms with Crippen molar-refractivity contribution < 1.29 is 0 Å². The van der Waals surface area contributed by atoms with Crippen LogP contribution in [0.5, 0.6) is 0 Å². The number of fused-ring (bicyclic) bond motifs is 7. The molecule has 5 rings (SSSR count). The molecule has 1 aromatic rings. The summed E-state index contributed by atoms with van der Waals surface area (Å²) in [6, 6.07) is 7.56. The first-order chi connectivity index (χ1) is 14.0. The van der Waals surface area contributed by atoms with E-state index < -0.39 is 0 Å². The van der Waals surface area contributed by atoms with E-state index in [0.717, 1.165) is 17.8 Å². The highest BCUT2D eigenvalue weighted by Crippen LogP contribution is 2.74. The van der Waals surface area contributed by atoms with Gasteiger partial charge in [0.15, 0.2) is 0 Å². The Labute approximate surface area is 186 Å². The van der Waals surface area contributed by atoms with Gasteiger partial charge in [-0.3, -0.25) is 0 Å². The lowest BCUT2D eigenvalue weighted by Gasteiger charge is -2.70. The second-order valence-electron chi connectivity index (χ2n) is 13.6. The smallest absolute Gasteiger partial charge is 0.00997 e. The second kappa shape index (κ2) is 6.62. The van der Waals surface area contributed by atoms with Crippen LogP contribution in [0.25, 0.3) is 0 Å². The van der Waals surface area contributed by atoms with Gasteiger partial charge in [-0.2, -0.15) is 0 Å². The van der Waals surface area contributed by atoms with Gasteiger partial charge in [-0.05, 0) is 113 Å². The molecule has 0 aliphatic heterocycles. The number of benzene rings is 1. The van der Waals surface area contributed by atoms with E-state index in [1.54, 1.807) is 11.1 Å². The summed E-state index contributed by atoms with van der Waals surface area (Å²) < 4.78 is 0. The monoisotopic (exact) mass is 406 g/mol. The van der Waals surface area contributed by atoms with Crippen molar-refractivity contribution >= 4 is 0 Å². The van der Waals surface area contributed by atoms with Crippen molar-refractivity contribution in [1.29, 1.82) is 0 Å². The zero-order valence-corrected chi connectivity index (χ0v) is 20.9. The molecule has 0 nitrogen and oxygen atoms in total. The van der Waals surface area contributed by atoms with Crippen LogP contribution < -0.4 is 0 Å². The highest BCUT2D eigenvalue weighted by atomic mass is 14.7. The Balaban J connectivity index is 1.54. The lowest BCUT2D eigenvalue weighted by atomic mass is 9.34. The fourth-order valence-corrected chi connectivity index (χ4v) is 9.93. The van der Waals surface area contributed by atoms with E-state index in [1.807, 2.05) is 0 Å². The summed E-state index contributed by atoms with van der Waals surface area (Å²) >= 11 is 0. The van der Waals surface area contributed by atoms with Crippen molar-refractivity contribution in [3.8, 4) is 0 Å². The Kier molecular flexibility index (Phi) is 4.65. The largest absolute Gasteiger partial charge is 0.0596 e. The Morgan fingerprint density at radius 3 is 2.30 bits per heavy atom. The summed E-state index contributed by atoms with van der Waals surface area (Å²) in [7, 11) is 0. The molecule has 3 fully saturated rings. The van der Waals surface area contributed by atoms with E-state index >= 15 is 0 Å². The first-order valence-corrected chi connectivity index (χ1v) is 13.2. The SMILES string of the molecule is CC(C)c1ccc2c(c1)CC[C@]1(C)[C@@H]2CC[C@@H]2[C@@]3(C)CCCC(C)(C)[C@@H]3CC[C@]21C. The molecule has 1 aromatic carbocycles. The quantitative estimate of drug-likeness (QED) is 0.437. The van der Waals surface area contributed by atoms with Crippen molar-refractivity contribution in [1.82, 2.24) is 0 Å². The molecular formula is C30H46. The molecule has 0 N–H and O–H groups in total. The zero-order valence-electron chi connectivity index (χ0n) is 20.9. The van der Waals surface area contributed by atoms with Gasteiger partial charge in [0, 0.05) is 0 Å². The van der Waals surface area contributed by atoms with Crippen LogP contribution in [0.2, 0.25) is 0 Å². The van der Waals surface area contributed by atoms with E-state index in [4.69, 9.17) is 0 Å². The third-order valence-electron chi connectivity index (χ3n) is 11.7. The maximum atomic E-state index is 2.75. The van der Waals surface area contributed by atoms with Crippen molar-refractivity contribution in [3.05, 3.63) is 34.9 Å². The minimum Gasteiger partial charge on any atom is -0.0596 e. The van der Waals surface area contributed by atoms with Crippen molar-refractivity contribution in [2.45, 2.75) is 118 Å². The molecule has 0 spiro atoms. The fraction of sp³-hybridized carbons (Fsp3) is 0.800. The lowest BCUT2D eigenvalue weighted by Crippen LogP contribution is -2.62. The molecule has 166 valence electrons. The Hall–Kier alpha value is -0.780. The van der Waals surface area contributed by atoms with Crippen LogP contribution in [0.15, 0.2) is 18.2 Å². The standard InChI is InChI=1S/C30H46/c1-20(2)21-9-10-23-22(19-21)13-17-29(6)24(23)11-12-26-28(5)16-8-15-27(3,4)25(28)14-18-30(26,29)7/h9-10,19-20,24-26H,8,11-18H2,1-7H3/t24-,25+,26-,28+,29-,30-/m1/s1. The van der Waals surface area contributed by atoms with Gasteiger partial charge in [-0.15, -0.1) is 0 Å². The molecule has 6 atom stereocenters. The molecule has 4 aliphatic carbocycles.